The lowest BCUT2D eigenvalue weighted by Crippen LogP contribution is -2.44. The maximum atomic E-state index is 13.6. The van der Waals surface area contributed by atoms with E-state index in [1.807, 2.05) is 46.5 Å². The molecule has 2 fully saturated rings. The van der Waals surface area contributed by atoms with Gasteiger partial charge in [-0.15, -0.1) is 0 Å². The summed E-state index contributed by atoms with van der Waals surface area (Å²) < 4.78 is 23.5. The number of nitrogens with zero attached hydrogens (tertiary/aromatic N) is 4. The van der Waals surface area contributed by atoms with E-state index in [0.717, 1.165) is 38.6 Å². The standard InChI is InChI=1S/C38H40N4O6/c1-45-32-15-28-30(39-20-26-14-24-8-4-5-9-25(24)22-41(26)36(28)43)17-34(32)47-12-6-3-7-13-48-35-18-31-29(16-33(35)46-2)37(44)42-23-38(10-11-38)19-27(42)21-40-31/h4-5,8-9,15-18,20-21,26-27H,3,6-7,10-14,19,22-23H2,1-2H3/t26-,27-/m0/s1. The smallest absolute Gasteiger partial charge is 0.257 e. The Kier molecular flexibility index (Phi) is 7.81. The van der Waals surface area contributed by atoms with Crippen molar-refractivity contribution >= 4 is 35.6 Å². The minimum absolute atomic E-state index is 0.0207. The van der Waals surface area contributed by atoms with Gasteiger partial charge < -0.3 is 28.7 Å². The summed E-state index contributed by atoms with van der Waals surface area (Å²) in [6.45, 7) is 2.34. The van der Waals surface area contributed by atoms with Crippen LogP contribution in [-0.4, -0.2) is 80.1 Å². The quantitative estimate of drug-likeness (QED) is 0.238. The lowest BCUT2D eigenvalue weighted by molar-refractivity contribution is 0.0702. The normalized spacial score (nSPS) is 21.0. The predicted molar refractivity (Wildman–Crippen MR) is 182 cm³/mol. The molecule has 0 unspecified atom stereocenters. The molecule has 4 aliphatic heterocycles. The highest BCUT2D eigenvalue weighted by molar-refractivity contribution is 6.04. The summed E-state index contributed by atoms with van der Waals surface area (Å²) in [5, 5.41) is 0. The number of rotatable bonds is 10. The van der Waals surface area contributed by atoms with Gasteiger partial charge in [-0.2, -0.15) is 0 Å². The molecule has 5 aliphatic rings. The average Bonchev–Trinajstić information content (AvgIpc) is 3.82. The molecule has 1 spiro atoms. The first-order valence-electron chi connectivity index (χ1n) is 16.9. The molecule has 8 rings (SSSR count). The maximum Gasteiger partial charge on any atom is 0.257 e. The number of hydrogen-bond acceptors (Lipinski definition) is 8. The third-order valence-corrected chi connectivity index (χ3v) is 10.4. The molecule has 3 aromatic rings. The highest BCUT2D eigenvalue weighted by Crippen LogP contribution is 2.55. The number of amides is 2. The second-order valence-electron chi connectivity index (χ2n) is 13.5. The van der Waals surface area contributed by atoms with Gasteiger partial charge in [0.15, 0.2) is 23.0 Å². The molecule has 1 saturated carbocycles. The molecule has 2 amide bonds. The zero-order chi connectivity index (χ0) is 32.8. The van der Waals surface area contributed by atoms with Gasteiger partial charge >= 0.3 is 0 Å². The summed E-state index contributed by atoms with van der Waals surface area (Å²) in [4.78, 5) is 40.3. The van der Waals surface area contributed by atoms with Crippen LogP contribution < -0.4 is 18.9 Å². The van der Waals surface area contributed by atoms with Gasteiger partial charge in [0.1, 0.15) is 0 Å². The van der Waals surface area contributed by atoms with Crippen LogP contribution in [0.4, 0.5) is 11.4 Å². The van der Waals surface area contributed by atoms with Crippen molar-refractivity contribution in [1.82, 2.24) is 9.80 Å². The van der Waals surface area contributed by atoms with Crippen molar-refractivity contribution < 1.29 is 28.5 Å². The van der Waals surface area contributed by atoms with Crippen LogP contribution in [0.25, 0.3) is 0 Å². The average molecular weight is 649 g/mol. The van der Waals surface area contributed by atoms with E-state index in [4.69, 9.17) is 28.9 Å². The van der Waals surface area contributed by atoms with E-state index in [2.05, 4.69) is 12.1 Å². The molecule has 0 radical (unpaired) electrons. The Morgan fingerprint density at radius 1 is 0.729 bits per heavy atom. The lowest BCUT2D eigenvalue weighted by Gasteiger charge is -2.34. The fourth-order valence-electron chi connectivity index (χ4n) is 7.48. The van der Waals surface area contributed by atoms with E-state index in [0.29, 0.717) is 70.7 Å². The zero-order valence-corrected chi connectivity index (χ0v) is 27.4. The number of benzene rings is 3. The van der Waals surface area contributed by atoms with Crippen LogP contribution in [0.2, 0.25) is 0 Å². The Balaban J connectivity index is 0.858. The molecule has 4 heterocycles. The molecular weight excluding hydrogens is 608 g/mol. The summed E-state index contributed by atoms with van der Waals surface area (Å²) >= 11 is 0. The molecule has 3 aromatic carbocycles. The van der Waals surface area contributed by atoms with Gasteiger partial charge in [0, 0.05) is 37.7 Å². The van der Waals surface area contributed by atoms with Gasteiger partial charge in [-0.3, -0.25) is 19.6 Å². The van der Waals surface area contributed by atoms with Crippen LogP contribution >= 0.6 is 0 Å². The van der Waals surface area contributed by atoms with Gasteiger partial charge in [0.2, 0.25) is 0 Å². The molecule has 1 saturated heterocycles. The summed E-state index contributed by atoms with van der Waals surface area (Å²) in [6, 6.07) is 15.4. The van der Waals surface area contributed by atoms with Crippen molar-refractivity contribution in [2.75, 3.05) is 34.0 Å². The second-order valence-corrected chi connectivity index (χ2v) is 13.5. The number of aliphatic imine (C=N–C) groups is 2. The third kappa shape index (κ3) is 5.56. The highest BCUT2D eigenvalue weighted by atomic mass is 16.5. The fourth-order valence-corrected chi connectivity index (χ4v) is 7.48. The SMILES string of the molecule is COc1cc2c(cc1OCCCCCOc1cc3c(cc1OC)C(=O)N1CC4(CC4)C[C@H]1C=N3)N=C[C@@H]1Cc3ccccc3CN1C2=O. The Morgan fingerprint density at radius 2 is 1.31 bits per heavy atom. The van der Waals surface area contributed by atoms with Gasteiger partial charge in [-0.05, 0) is 73.6 Å². The van der Waals surface area contributed by atoms with E-state index >= 15 is 0 Å². The highest BCUT2D eigenvalue weighted by Gasteiger charge is 2.53. The first-order chi connectivity index (χ1) is 23.4. The Bertz CT molecular complexity index is 1830. The summed E-state index contributed by atoms with van der Waals surface area (Å²) in [5.41, 5.74) is 5.05. The summed E-state index contributed by atoms with van der Waals surface area (Å²) in [6.07, 6.45) is 10.4. The van der Waals surface area contributed by atoms with Crippen LogP contribution in [0.5, 0.6) is 23.0 Å². The molecule has 10 nitrogen and oxygen atoms in total. The zero-order valence-electron chi connectivity index (χ0n) is 27.4. The van der Waals surface area contributed by atoms with Crippen LogP contribution in [0.1, 0.15) is 70.4 Å². The van der Waals surface area contributed by atoms with Crippen LogP contribution in [0, 0.1) is 5.41 Å². The van der Waals surface area contributed by atoms with E-state index < -0.39 is 0 Å². The Labute approximate surface area is 280 Å². The Hall–Kier alpha value is -4.86. The first kappa shape index (κ1) is 30.5. The van der Waals surface area contributed by atoms with Gasteiger partial charge in [0.25, 0.3) is 11.8 Å². The minimum atomic E-state index is -0.0917. The molecule has 2 atom stereocenters. The van der Waals surface area contributed by atoms with Gasteiger partial charge in [0.05, 0.1) is 62.0 Å². The van der Waals surface area contributed by atoms with Crippen LogP contribution in [0.15, 0.2) is 58.5 Å². The van der Waals surface area contributed by atoms with Crippen molar-refractivity contribution in [3.8, 4) is 23.0 Å². The van der Waals surface area contributed by atoms with E-state index in [9.17, 15) is 9.59 Å². The minimum Gasteiger partial charge on any atom is -0.493 e. The number of ether oxygens (including phenoxy) is 4. The number of carbonyl (C=O) groups is 2. The molecule has 0 bridgehead atoms. The number of methoxy groups -OCH3 is 2. The Morgan fingerprint density at radius 3 is 1.92 bits per heavy atom. The van der Waals surface area contributed by atoms with Crippen molar-refractivity contribution in [1.29, 1.82) is 0 Å². The van der Waals surface area contributed by atoms with Gasteiger partial charge in [-0.25, -0.2) is 0 Å². The molecule has 48 heavy (non-hydrogen) atoms. The third-order valence-electron chi connectivity index (χ3n) is 10.4. The molecule has 10 heteroatoms. The van der Waals surface area contributed by atoms with Crippen molar-refractivity contribution in [2.24, 2.45) is 15.4 Å². The van der Waals surface area contributed by atoms with E-state index in [1.54, 1.807) is 26.4 Å². The summed E-state index contributed by atoms with van der Waals surface area (Å²) in [5.74, 6) is 2.17. The number of fused-ring (bicyclic) bond motifs is 5. The molecule has 248 valence electrons. The van der Waals surface area contributed by atoms with Crippen molar-refractivity contribution in [2.45, 2.75) is 63.6 Å². The number of hydrogen-bond donors (Lipinski definition) is 0. The summed E-state index contributed by atoms with van der Waals surface area (Å²) in [7, 11) is 3.18. The molecule has 0 N–H and O–H groups in total. The van der Waals surface area contributed by atoms with E-state index in [-0.39, 0.29) is 23.9 Å². The number of unbranched alkanes of at least 4 members (excludes halogenated alkanes) is 2. The topological polar surface area (TPSA) is 102 Å². The van der Waals surface area contributed by atoms with Gasteiger partial charge in [-0.1, -0.05) is 24.3 Å². The molecular formula is C38H40N4O6. The fraction of sp³-hybridized carbons (Fsp3) is 0.421. The van der Waals surface area contributed by atoms with Crippen LogP contribution in [0.3, 0.4) is 0 Å². The monoisotopic (exact) mass is 648 g/mol. The maximum absolute atomic E-state index is 13.6. The van der Waals surface area contributed by atoms with E-state index in [1.165, 1.54) is 24.0 Å². The van der Waals surface area contributed by atoms with Crippen molar-refractivity contribution in [3.63, 3.8) is 0 Å². The molecule has 1 aliphatic carbocycles. The lowest BCUT2D eigenvalue weighted by atomic mass is 9.94. The van der Waals surface area contributed by atoms with Crippen LogP contribution in [-0.2, 0) is 13.0 Å². The largest absolute Gasteiger partial charge is 0.493 e. The second kappa shape index (κ2) is 12.3. The number of carbonyl (C=O) groups excluding carboxylic acids is 2. The predicted octanol–water partition coefficient (Wildman–Crippen LogP) is 6.33. The van der Waals surface area contributed by atoms with Crippen molar-refractivity contribution in [3.05, 3.63) is 70.8 Å². The first-order valence-corrected chi connectivity index (χ1v) is 16.9. The molecule has 0 aromatic heterocycles.